The maximum Gasteiger partial charge on any atom is 0.122 e. The molecule has 2 aromatic carbocycles. The Labute approximate surface area is 143 Å². The van der Waals surface area contributed by atoms with Crippen molar-refractivity contribution in [2.24, 2.45) is 0 Å². The van der Waals surface area contributed by atoms with Crippen LogP contribution in [0.1, 0.15) is 30.0 Å². The summed E-state index contributed by atoms with van der Waals surface area (Å²) in [5, 5.41) is 10.4. The number of nitriles is 1. The van der Waals surface area contributed by atoms with Crippen LogP contribution in [0.2, 0.25) is 0 Å². The van der Waals surface area contributed by atoms with E-state index in [1.165, 1.54) is 11.1 Å². The van der Waals surface area contributed by atoms with E-state index in [4.69, 9.17) is 4.74 Å². The standard InChI is InChI=1S/C21H22N2O/c1-3-17-9-6-10-19-18(14-22)15-23(21(17)19)12-7-13-24-20-11-5-4-8-16(20)2/h4-6,8-11,15H,3,7,12-13H2,1-2H3. The Morgan fingerprint density at radius 3 is 2.71 bits per heavy atom. The zero-order valence-electron chi connectivity index (χ0n) is 14.2. The van der Waals surface area contributed by atoms with Crippen molar-refractivity contribution < 1.29 is 4.74 Å². The predicted octanol–water partition coefficient (Wildman–Crippen LogP) is 4.85. The Hall–Kier alpha value is -2.73. The van der Waals surface area contributed by atoms with E-state index in [-0.39, 0.29) is 0 Å². The molecule has 3 rings (SSSR count). The number of hydrogen-bond donors (Lipinski definition) is 0. The zero-order chi connectivity index (χ0) is 16.9. The van der Waals surface area contributed by atoms with E-state index < -0.39 is 0 Å². The summed E-state index contributed by atoms with van der Waals surface area (Å²) in [5.74, 6) is 0.946. The summed E-state index contributed by atoms with van der Waals surface area (Å²) in [7, 11) is 0. The van der Waals surface area contributed by atoms with Gasteiger partial charge in [-0.3, -0.25) is 0 Å². The van der Waals surface area contributed by atoms with Gasteiger partial charge in [0, 0.05) is 18.1 Å². The van der Waals surface area contributed by atoms with E-state index in [1.54, 1.807) is 0 Å². The maximum atomic E-state index is 9.38. The summed E-state index contributed by atoms with van der Waals surface area (Å²) in [6.07, 6.45) is 3.84. The first-order valence-electron chi connectivity index (χ1n) is 8.44. The number of aryl methyl sites for hydroxylation is 3. The van der Waals surface area contributed by atoms with Crippen molar-refractivity contribution in [3.63, 3.8) is 0 Å². The van der Waals surface area contributed by atoms with Gasteiger partial charge < -0.3 is 9.30 Å². The molecule has 0 spiro atoms. The average Bonchev–Trinajstić information content (AvgIpc) is 2.98. The molecule has 0 aliphatic carbocycles. The molecule has 3 aromatic rings. The van der Waals surface area contributed by atoms with Crippen molar-refractivity contribution in [1.82, 2.24) is 4.57 Å². The van der Waals surface area contributed by atoms with Crippen LogP contribution in [0.15, 0.2) is 48.7 Å². The summed E-state index contributed by atoms with van der Waals surface area (Å²) >= 11 is 0. The van der Waals surface area contributed by atoms with Gasteiger partial charge in [-0.25, -0.2) is 0 Å². The van der Waals surface area contributed by atoms with Crippen LogP contribution in [-0.2, 0) is 13.0 Å². The number of nitrogens with zero attached hydrogens (tertiary/aromatic N) is 2. The van der Waals surface area contributed by atoms with Crippen LogP contribution < -0.4 is 4.74 Å². The molecule has 0 N–H and O–H groups in total. The number of benzene rings is 2. The highest BCUT2D eigenvalue weighted by Gasteiger charge is 2.11. The SMILES string of the molecule is CCc1cccc2c(C#N)cn(CCCOc3ccccc3C)c12. The van der Waals surface area contributed by atoms with E-state index in [1.807, 2.05) is 36.5 Å². The van der Waals surface area contributed by atoms with Gasteiger partial charge in [0.05, 0.1) is 17.7 Å². The van der Waals surface area contributed by atoms with Gasteiger partial charge in [0.2, 0.25) is 0 Å². The lowest BCUT2D eigenvalue weighted by Crippen LogP contribution is -2.05. The summed E-state index contributed by atoms with van der Waals surface area (Å²) in [5.41, 5.74) is 4.38. The number of fused-ring (bicyclic) bond motifs is 1. The molecule has 0 bridgehead atoms. The molecule has 0 aliphatic rings. The quantitative estimate of drug-likeness (QED) is 0.609. The summed E-state index contributed by atoms with van der Waals surface area (Å²) in [6.45, 7) is 5.72. The fourth-order valence-corrected chi connectivity index (χ4v) is 3.12. The van der Waals surface area contributed by atoms with Gasteiger partial charge in [-0.05, 0) is 37.0 Å². The Morgan fingerprint density at radius 1 is 1.12 bits per heavy atom. The second-order valence-electron chi connectivity index (χ2n) is 5.98. The van der Waals surface area contributed by atoms with Crippen molar-refractivity contribution in [3.8, 4) is 11.8 Å². The molecule has 0 saturated heterocycles. The highest BCUT2D eigenvalue weighted by Crippen LogP contribution is 2.25. The maximum absolute atomic E-state index is 9.38. The van der Waals surface area contributed by atoms with Gasteiger partial charge in [0.1, 0.15) is 11.8 Å². The molecule has 3 heteroatoms. The minimum atomic E-state index is 0.667. The lowest BCUT2D eigenvalue weighted by atomic mass is 10.1. The molecule has 122 valence electrons. The van der Waals surface area contributed by atoms with E-state index in [2.05, 4.69) is 36.6 Å². The Balaban J connectivity index is 1.74. The van der Waals surface area contributed by atoms with Crippen LogP contribution in [0.3, 0.4) is 0 Å². The zero-order valence-corrected chi connectivity index (χ0v) is 14.2. The van der Waals surface area contributed by atoms with Gasteiger partial charge in [-0.1, -0.05) is 43.3 Å². The second kappa shape index (κ2) is 7.23. The van der Waals surface area contributed by atoms with Gasteiger partial charge in [0.15, 0.2) is 0 Å². The minimum absolute atomic E-state index is 0.667. The third kappa shape index (κ3) is 3.14. The third-order valence-corrected chi connectivity index (χ3v) is 4.38. The monoisotopic (exact) mass is 318 g/mol. The number of aromatic nitrogens is 1. The summed E-state index contributed by atoms with van der Waals surface area (Å²) < 4.78 is 8.08. The molecule has 24 heavy (non-hydrogen) atoms. The summed E-state index contributed by atoms with van der Waals surface area (Å²) in [6, 6.07) is 16.6. The number of para-hydroxylation sites is 2. The molecule has 1 aromatic heterocycles. The lowest BCUT2D eigenvalue weighted by molar-refractivity contribution is 0.301. The van der Waals surface area contributed by atoms with Gasteiger partial charge in [-0.2, -0.15) is 5.26 Å². The molecule has 0 fully saturated rings. The Morgan fingerprint density at radius 2 is 1.96 bits per heavy atom. The lowest BCUT2D eigenvalue weighted by Gasteiger charge is -2.11. The van der Waals surface area contributed by atoms with Gasteiger partial charge >= 0.3 is 0 Å². The topological polar surface area (TPSA) is 38.0 Å². The predicted molar refractivity (Wildman–Crippen MR) is 97.3 cm³/mol. The van der Waals surface area contributed by atoms with Crippen LogP contribution in [-0.4, -0.2) is 11.2 Å². The van der Waals surface area contributed by atoms with E-state index >= 15 is 0 Å². The van der Waals surface area contributed by atoms with Gasteiger partial charge in [-0.15, -0.1) is 0 Å². The summed E-state index contributed by atoms with van der Waals surface area (Å²) in [4.78, 5) is 0. The normalized spacial score (nSPS) is 10.7. The fourth-order valence-electron chi connectivity index (χ4n) is 3.12. The second-order valence-corrected chi connectivity index (χ2v) is 5.98. The highest BCUT2D eigenvalue weighted by molar-refractivity contribution is 5.89. The first-order valence-corrected chi connectivity index (χ1v) is 8.44. The first kappa shape index (κ1) is 16.1. The van der Waals surface area contributed by atoms with Crippen molar-refractivity contribution in [2.45, 2.75) is 33.2 Å². The molecule has 3 nitrogen and oxygen atoms in total. The van der Waals surface area contributed by atoms with Crippen molar-refractivity contribution >= 4 is 10.9 Å². The molecule has 0 saturated carbocycles. The molecule has 1 heterocycles. The minimum Gasteiger partial charge on any atom is -0.493 e. The average molecular weight is 318 g/mol. The Bertz CT molecular complexity index is 886. The Kier molecular flexibility index (Phi) is 4.86. The van der Waals surface area contributed by atoms with Crippen molar-refractivity contribution in [3.05, 3.63) is 65.4 Å². The highest BCUT2D eigenvalue weighted by atomic mass is 16.5. The van der Waals surface area contributed by atoms with Crippen LogP contribution in [0.4, 0.5) is 0 Å². The van der Waals surface area contributed by atoms with E-state index in [9.17, 15) is 5.26 Å². The molecule has 0 unspecified atom stereocenters. The smallest absolute Gasteiger partial charge is 0.122 e. The molecule has 0 radical (unpaired) electrons. The fraction of sp³-hybridized carbons (Fsp3) is 0.286. The molecule has 0 amide bonds. The third-order valence-electron chi connectivity index (χ3n) is 4.38. The number of ether oxygens (including phenoxy) is 1. The number of rotatable bonds is 6. The number of hydrogen-bond acceptors (Lipinski definition) is 2. The van der Waals surface area contributed by atoms with Gasteiger partial charge in [0.25, 0.3) is 0 Å². The molecule has 0 atom stereocenters. The molecular formula is C21H22N2O. The van der Waals surface area contributed by atoms with E-state index in [0.29, 0.717) is 6.61 Å². The largest absolute Gasteiger partial charge is 0.493 e. The van der Waals surface area contributed by atoms with Crippen LogP contribution in [0.25, 0.3) is 10.9 Å². The molecular weight excluding hydrogens is 296 g/mol. The van der Waals surface area contributed by atoms with Crippen molar-refractivity contribution in [1.29, 1.82) is 5.26 Å². The van der Waals surface area contributed by atoms with Crippen LogP contribution in [0.5, 0.6) is 5.75 Å². The van der Waals surface area contributed by atoms with Crippen molar-refractivity contribution in [2.75, 3.05) is 6.61 Å². The molecule has 0 aliphatic heterocycles. The van der Waals surface area contributed by atoms with Crippen LogP contribution >= 0.6 is 0 Å². The van der Waals surface area contributed by atoms with Crippen LogP contribution in [0, 0.1) is 18.3 Å². The van der Waals surface area contributed by atoms with E-state index in [0.717, 1.165) is 41.6 Å². The first-order chi connectivity index (χ1) is 11.7.